The first-order valence-electron chi connectivity index (χ1n) is 18.1. The van der Waals surface area contributed by atoms with Crippen molar-refractivity contribution in [3.63, 3.8) is 0 Å². The molecule has 0 radical (unpaired) electrons. The van der Waals surface area contributed by atoms with Crippen LogP contribution in [0.5, 0.6) is 23.0 Å². The molecule has 0 saturated carbocycles. The normalized spacial score (nSPS) is 18.3. The van der Waals surface area contributed by atoms with Crippen LogP contribution in [0.3, 0.4) is 0 Å². The van der Waals surface area contributed by atoms with E-state index < -0.39 is 60.6 Å². The van der Waals surface area contributed by atoms with E-state index in [0.717, 1.165) is 0 Å². The van der Waals surface area contributed by atoms with Gasteiger partial charge in [0.2, 0.25) is 0 Å². The molecule has 0 unspecified atom stereocenters. The molecule has 0 bridgehead atoms. The molecule has 306 valence electrons. The summed E-state index contributed by atoms with van der Waals surface area (Å²) in [6.07, 6.45) is -1.10. The number of hydrogen-bond donors (Lipinski definition) is 2. The molecule has 4 aromatic carbocycles. The fourth-order valence-corrected chi connectivity index (χ4v) is 6.19. The molecule has 60 heavy (non-hydrogen) atoms. The zero-order chi connectivity index (χ0) is 42.8. The molecule has 0 aromatic heterocycles. The molecule has 2 aliphatic rings. The fourth-order valence-electron chi connectivity index (χ4n) is 6.19. The predicted molar refractivity (Wildman–Crippen MR) is 208 cm³/mol. The maximum atomic E-state index is 13.1. The number of carbonyl (C=O) groups excluding carboxylic acids is 4. The monoisotopic (exact) mass is 816 g/mol. The number of benzene rings is 4. The summed E-state index contributed by atoms with van der Waals surface area (Å²) in [4.78, 5) is 54.9. The van der Waals surface area contributed by atoms with E-state index in [-0.39, 0.29) is 59.3 Å². The van der Waals surface area contributed by atoms with E-state index in [2.05, 4.69) is 4.85 Å². The molecule has 0 amide bonds. The molecule has 16 heteroatoms. The first-order chi connectivity index (χ1) is 29.1. The summed E-state index contributed by atoms with van der Waals surface area (Å²) < 4.78 is 44.1. The van der Waals surface area contributed by atoms with E-state index in [1.807, 2.05) is 6.07 Å². The number of esters is 4. The van der Waals surface area contributed by atoms with Gasteiger partial charge >= 0.3 is 23.9 Å². The van der Waals surface area contributed by atoms with Gasteiger partial charge in [-0.1, -0.05) is 24.3 Å². The van der Waals surface area contributed by atoms with Gasteiger partial charge in [0.05, 0.1) is 58.3 Å². The maximum absolute atomic E-state index is 13.1. The Hall–Kier alpha value is -7.34. The molecule has 2 heterocycles. The first-order valence-corrected chi connectivity index (χ1v) is 18.1. The second kappa shape index (κ2) is 19.4. The van der Waals surface area contributed by atoms with Crippen molar-refractivity contribution < 1.29 is 67.3 Å². The molecule has 0 aliphatic carbocycles. The molecular weight excluding hydrogens is 780 g/mol. The van der Waals surface area contributed by atoms with Crippen molar-refractivity contribution in [1.29, 1.82) is 5.26 Å². The summed E-state index contributed by atoms with van der Waals surface area (Å²) in [5, 5.41) is 29.0. The average molecular weight is 817 g/mol. The maximum Gasteiger partial charge on any atom is 0.349 e. The Labute approximate surface area is 343 Å². The van der Waals surface area contributed by atoms with Crippen LogP contribution in [0.25, 0.3) is 17.0 Å². The molecule has 4 atom stereocenters. The predicted octanol–water partition coefficient (Wildman–Crippen LogP) is 4.62. The topological polar surface area (TPSA) is 211 Å². The van der Waals surface area contributed by atoms with Crippen molar-refractivity contribution >= 4 is 36.0 Å². The highest BCUT2D eigenvalue weighted by atomic mass is 16.7. The van der Waals surface area contributed by atoms with Crippen molar-refractivity contribution in [3.05, 3.63) is 141 Å². The fraction of sp³-hybridized carbons (Fsp3) is 0.227. The lowest BCUT2D eigenvalue weighted by Crippen LogP contribution is -2.36. The molecular formula is C44H36N2O14. The van der Waals surface area contributed by atoms with Gasteiger partial charge in [-0.2, -0.15) is 5.26 Å². The minimum atomic E-state index is -0.980. The van der Waals surface area contributed by atoms with Gasteiger partial charge in [0.1, 0.15) is 35.3 Å². The lowest BCUT2D eigenvalue weighted by molar-refractivity contribution is -0.150. The smallest absolute Gasteiger partial charge is 0.349 e. The standard InChI is InChI=1S/C44H36N2O14/c1-46-33(18-26-6-14-34(31(17-26)22-48)57-41(49)29-10-12-32(53-2)13-11-29)44(52)60-38-24-56-39-37(23-55-40(38)39)59-43(51)30(20-45)16-27-7-15-35(36(19-27)54-3)58-42(50)28-8-4-25(21-47)5-9-28/h4-19,37-40,47-48H,21-24H2,2-3H3/b30-16+,33-18-/t37-,38+,39+,40+/m0/s1. The third-order valence-corrected chi connectivity index (χ3v) is 9.31. The molecule has 4 aromatic rings. The molecule has 2 saturated heterocycles. The van der Waals surface area contributed by atoms with E-state index in [4.69, 9.17) is 44.5 Å². The highest BCUT2D eigenvalue weighted by molar-refractivity contribution is 5.98. The van der Waals surface area contributed by atoms with Crippen LogP contribution < -0.4 is 18.9 Å². The average Bonchev–Trinajstić information content (AvgIpc) is 3.87. The van der Waals surface area contributed by atoms with Gasteiger partial charge in [-0.15, -0.1) is 0 Å². The van der Waals surface area contributed by atoms with E-state index in [0.29, 0.717) is 22.4 Å². The molecule has 2 aliphatic heterocycles. The first kappa shape index (κ1) is 42.3. The van der Waals surface area contributed by atoms with Crippen LogP contribution in [0.4, 0.5) is 0 Å². The minimum absolute atomic E-state index is 0.0836. The summed E-state index contributed by atoms with van der Waals surface area (Å²) in [5.41, 5.74) is 1.30. The molecule has 2 N–H and O–H groups in total. The van der Waals surface area contributed by atoms with Crippen molar-refractivity contribution in [2.24, 2.45) is 0 Å². The summed E-state index contributed by atoms with van der Waals surface area (Å²) in [6.45, 7) is 6.67. The van der Waals surface area contributed by atoms with Crippen LogP contribution >= 0.6 is 0 Å². The van der Waals surface area contributed by atoms with Gasteiger partial charge in [-0.05, 0) is 89.5 Å². The van der Waals surface area contributed by atoms with Gasteiger partial charge in [-0.3, -0.25) is 4.79 Å². The third kappa shape index (κ3) is 9.84. The number of aliphatic hydroxyl groups excluding tert-OH is 2. The Bertz CT molecular complexity index is 2240. The zero-order valence-electron chi connectivity index (χ0n) is 32.1. The summed E-state index contributed by atoms with van der Waals surface area (Å²) in [7, 11) is 2.86. The number of hydrogen-bond acceptors (Lipinski definition) is 15. The van der Waals surface area contributed by atoms with Gasteiger partial charge < -0.3 is 48.1 Å². The second-order valence-corrected chi connectivity index (χ2v) is 13.1. The Kier molecular flexibility index (Phi) is 13.7. The van der Waals surface area contributed by atoms with Gasteiger partial charge in [0, 0.05) is 5.56 Å². The molecule has 16 nitrogen and oxygen atoms in total. The SMILES string of the molecule is [C-]#[N+]/C(=C\c1ccc(OC(=O)c2ccc(OC)cc2)c(CO)c1)C(=O)O[C@@H]1CO[C@H]2[C@@H]1OC[C@@H]2OC(=O)/C(C#N)=C/c1ccc(OC(=O)c2ccc(CO)cc2)c(OC)c1. The lowest BCUT2D eigenvalue weighted by atomic mass is 10.1. The van der Waals surface area contributed by atoms with Crippen molar-refractivity contribution in [2.75, 3.05) is 27.4 Å². The van der Waals surface area contributed by atoms with Crippen molar-refractivity contribution in [1.82, 2.24) is 0 Å². The Morgan fingerprint density at radius 2 is 1.30 bits per heavy atom. The molecule has 6 rings (SSSR count). The Morgan fingerprint density at radius 3 is 1.85 bits per heavy atom. The number of carbonyl (C=O) groups is 4. The van der Waals surface area contributed by atoms with E-state index >= 15 is 0 Å². The minimum Gasteiger partial charge on any atom is -0.497 e. The Morgan fingerprint density at radius 1 is 0.733 bits per heavy atom. The molecule has 2 fully saturated rings. The van der Waals surface area contributed by atoms with Gasteiger partial charge in [-0.25, -0.2) is 19.2 Å². The van der Waals surface area contributed by atoms with Gasteiger partial charge in [0.15, 0.2) is 23.7 Å². The van der Waals surface area contributed by atoms with Crippen LogP contribution in [0.2, 0.25) is 0 Å². The van der Waals surface area contributed by atoms with Crippen molar-refractivity contribution in [3.8, 4) is 29.1 Å². The number of fused-ring (bicyclic) bond motifs is 1. The number of nitrogens with zero attached hydrogens (tertiary/aromatic N) is 2. The summed E-state index contributed by atoms with van der Waals surface area (Å²) >= 11 is 0. The van der Waals surface area contributed by atoms with Crippen LogP contribution in [-0.2, 0) is 41.8 Å². The van der Waals surface area contributed by atoms with E-state index in [1.54, 1.807) is 24.3 Å². The number of aliphatic hydroxyl groups is 2. The van der Waals surface area contributed by atoms with Crippen LogP contribution in [0, 0.1) is 17.9 Å². The molecule has 0 spiro atoms. The quantitative estimate of drug-likeness (QED) is 0.0585. The highest BCUT2D eigenvalue weighted by Crippen LogP contribution is 2.33. The number of methoxy groups -OCH3 is 2. The number of rotatable bonds is 14. The number of ether oxygens (including phenoxy) is 8. The largest absolute Gasteiger partial charge is 0.497 e. The highest BCUT2D eigenvalue weighted by Gasteiger charge is 2.51. The Balaban J connectivity index is 1.05. The lowest BCUT2D eigenvalue weighted by Gasteiger charge is -2.17. The summed E-state index contributed by atoms with van der Waals surface area (Å²) in [5.74, 6) is -2.41. The second-order valence-electron chi connectivity index (χ2n) is 13.1. The van der Waals surface area contributed by atoms with Crippen LogP contribution in [-0.4, -0.2) is 85.9 Å². The third-order valence-electron chi connectivity index (χ3n) is 9.31. The number of nitriles is 1. The zero-order valence-corrected chi connectivity index (χ0v) is 32.1. The summed E-state index contributed by atoms with van der Waals surface area (Å²) in [6, 6.07) is 23.1. The van der Waals surface area contributed by atoms with Gasteiger partial charge in [0.25, 0.3) is 5.70 Å². The van der Waals surface area contributed by atoms with Crippen LogP contribution in [0.1, 0.15) is 43.0 Å². The van der Waals surface area contributed by atoms with Crippen molar-refractivity contribution in [2.45, 2.75) is 37.6 Å². The van der Waals surface area contributed by atoms with Crippen LogP contribution in [0.15, 0.2) is 96.2 Å². The van der Waals surface area contributed by atoms with E-state index in [9.17, 15) is 34.7 Å². The van der Waals surface area contributed by atoms with E-state index in [1.165, 1.54) is 87.0 Å².